The number of ether oxygens (including phenoxy) is 2. The van der Waals surface area contributed by atoms with Crippen LogP contribution < -0.4 is 4.74 Å². The third kappa shape index (κ3) is 7.02. The van der Waals surface area contributed by atoms with Crippen LogP contribution in [0.1, 0.15) is 115 Å². The van der Waals surface area contributed by atoms with E-state index in [1.54, 1.807) is 0 Å². The van der Waals surface area contributed by atoms with Gasteiger partial charge in [-0.3, -0.25) is 0 Å². The van der Waals surface area contributed by atoms with Gasteiger partial charge in [-0.2, -0.15) is 8.78 Å². The van der Waals surface area contributed by atoms with Crippen LogP contribution in [0.4, 0.5) is 17.6 Å². The maximum Gasteiger partial charge on any atom is 0.432 e. The summed E-state index contributed by atoms with van der Waals surface area (Å²) < 4.78 is 71.6. The Morgan fingerprint density at radius 3 is 1.89 bits per heavy atom. The number of benzene rings is 2. The number of halogens is 4. The second-order valence-corrected chi connectivity index (χ2v) is 12.6. The fraction of sp³-hybridized carbons (Fsp3) is 0.613. The minimum Gasteiger partial charge on any atom is -0.507 e. The topological polar surface area (TPSA) is 38.7 Å². The van der Waals surface area contributed by atoms with Crippen molar-refractivity contribution in [1.82, 2.24) is 0 Å². The molecule has 0 spiro atoms. The number of unbranched alkanes of at least 4 members (excludes halogenated alkanes) is 2. The minimum atomic E-state index is -4.28. The molecule has 3 rings (SSSR count). The van der Waals surface area contributed by atoms with E-state index >= 15 is 17.6 Å². The van der Waals surface area contributed by atoms with Crippen molar-refractivity contribution in [2.45, 2.75) is 116 Å². The summed E-state index contributed by atoms with van der Waals surface area (Å²) in [4.78, 5) is 0. The van der Waals surface area contributed by atoms with Gasteiger partial charge in [-0.1, -0.05) is 67.7 Å². The van der Waals surface area contributed by atoms with Crippen molar-refractivity contribution in [3.63, 3.8) is 0 Å². The Morgan fingerprint density at radius 2 is 1.45 bits per heavy atom. The SMILES string of the molecule is CCCCCC1CCC(c2cc(F)c(C(F)(F)Oc3cc(C(C)(C)C)c(O)c(C(C)(C)C)c3)c(F)c2)CO1. The van der Waals surface area contributed by atoms with E-state index in [1.807, 2.05) is 41.5 Å². The molecule has 0 aromatic heterocycles. The molecule has 0 saturated carbocycles. The van der Waals surface area contributed by atoms with E-state index in [0.29, 0.717) is 29.7 Å². The summed E-state index contributed by atoms with van der Waals surface area (Å²) in [6, 6.07) is 4.55. The van der Waals surface area contributed by atoms with Crippen molar-refractivity contribution in [2.24, 2.45) is 0 Å². The molecule has 0 bridgehead atoms. The molecule has 1 heterocycles. The summed E-state index contributed by atoms with van der Waals surface area (Å²) in [7, 11) is 0. The molecule has 0 amide bonds. The van der Waals surface area contributed by atoms with Gasteiger partial charge in [0.15, 0.2) is 0 Å². The Kier molecular flexibility index (Phi) is 9.12. The molecular weight excluding hydrogens is 496 g/mol. The van der Waals surface area contributed by atoms with E-state index in [4.69, 9.17) is 9.47 Å². The maximum absolute atomic E-state index is 15.3. The summed E-state index contributed by atoms with van der Waals surface area (Å²) in [5.74, 6) is -3.27. The number of phenolic OH excluding ortho intramolecular Hbond substituents is 1. The largest absolute Gasteiger partial charge is 0.507 e. The molecule has 7 heteroatoms. The lowest BCUT2D eigenvalue weighted by molar-refractivity contribution is -0.189. The van der Waals surface area contributed by atoms with Crippen LogP contribution in [0.15, 0.2) is 24.3 Å². The summed E-state index contributed by atoms with van der Waals surface area (Å²) in [6.45, 7) is 13.4. The maximum atomic E-state index is 15.3. The molecule has 2 unspecified atom stereocenters. The average molecular weight is 539 g/mol. The van der Waals surface area contributed by atoms with E-state index in [-0.39, 0.29) is 23.5 Å². The van der Waals surface area contributed by atoms with Gasteiger partial charge in [-0.05, 0) is 59.9 Å². The summed E-state index contributed by atoms with van der Waals surface area (Å²) >= 11 is 0. The lowest BCUT2D eigenvalue weighted by Gasteiger charge is -2.30. The van der Waals surface area contributed by atoms with E-state index in [9.17, 15) is 5.11 Å². The Morgan fingerprint density at radius 1 is 0.895 bits per heavy atom. The van der Waals surface area contributed by atoms with Gasteiger partial charge in [-0.25, -0.2) is 8.78 Å². The molecule has 0 aliphatic carbocycles. The van der Waals surface area contributed by atoms with Crippen LogP contribution >= 0.6 is 0 Å². The predicted molar refractivity (Wildman–Crippen MR) is 142 cm³/mol. The highest BCUT2D eigenvalue weighted by molar-refractivity contribution is 5.52. The molecule has 1 saturated heterocycles. The number of phenols is 1. The van der Waals surface area contributed by atoms with Crippen LogP contribution in [-0.4, -0.2) is 17.8 Å². The first-order valence-electron chi connectivity index (χ1n) is 13.6. The predicted octanol–water partition coefficient (Wildman–Crippen LogP) is 9.24. The van der Waals surface area contributed by atoms with Crippen LogP contribution in [0, 0.1) is 11.6 Å². The lowest BCUT2D eigenvalue weighted by Crippen LogP contribution is -2.27. The van der Waals surface area contributed by atoms with Gasteiger partial charge in [0.05, 0.1) is 12.7 Å². The normalized spacial score (nSPS) is 19.0. The molecule has 1 fully saturated rings. The third-order valence-corrected chi connectivity index (χ3v) is 7.27. The van der Waals surface area contributed by atoms with E-state index in [2.05, 4.69) is 6.92 Å². The first kappa shape index (κ1) is 30.3. The summed E-state index contributed by atoms with van der Waals surface area (Å²) in [5.41, 5.74) is -1.50. The molecule has 3 nitrogen and oxygen atoms in total. The third-order valence-electron chi connectivity index (χ3n) is 7.27. The monoisotopic (exact) mass is 538 g/mol. The molecular formula is C31H42F4O3. The van der Waals surface area contributed by atoms with E-state index in [0.717, 1.165) is 44.2 Å². The second-order valence-electron chi connectivity index (χ2n) is 12.6. The quantitative estimate of drug-likeness (QED) is 0.269. The smallest absolute Gasteiger partial charge is 0.432 e. The van der Waals surface area contributed by atoms with E-state index in [1.165, 1.54) is 12.1 Å². The highest BCUT2D eigenvalue weighted by Crippen LogP contribution is 2.44. The zero-order valence-electron chi connectivity index (χ0n) is 23.7. The first-order valence-corrected chi connectivity index (χ1v) is 13.6. The van der Waals surface area contributed by atoms with E-state index < -0.39 is 34.1 Å². The molecule has 212 valence electrons. The van der Waals surface area contributed by atoms with Gasteiger partial charge in [0.1, 0.15) is 28.7 Å². The van der Waals surface area contributed by atoms with Gasteiger partial charge in [0, 0.05) is 17.0 Å². The van der Waals surface area contributed by atoms with Crippen molar-refractivity contribution in [1.29, 1.82) is 0 Å². The molecule has 38 heavy (non-hydrogen) atoms. The van der Waals surface area contributed by atoms with Crippen molar-refractivity contribution in [3.8, 4) is 11.5 Å². The molecule has 0 radical (unpaired) electrons. The minimum absolute atomic E-state index is 0.00955. The lowest BCUT2D eigenvalue weighted by atomic mass is 9.79. The summed E-state index contributed by atoms with van der Waals surface area (Å²) in [5, 5.41) is 10.8. The molecule has 2 aromatic rings. The Hall–Kier alpha value is -2.28. The number of rotatable bonds is 8. The Balaban J connectivity index is 1.86. The van der Waals surface area contributed by atoms with Crippen molar-refractivity contribution in [2.75, 3.05) is 6.61 Å². The second kappa shape index (κ2) is 11.4. The van der Waals surface area contributed by atoms with Crippen molar-refractivity contribution >= 4 is 0 Å². The van der Waals surface area contributed by atoms with Gasteiger partial charge in [0.25, 0.3) is 0 Å². The zero-order chi connectivity index (χ0) is 28.5. The Labute approximate surface area is 224 Å². The average Bonchev–Trinajstić information content (AvgIpc) is 2.78. The molecule has 1 aliphatic rings. The van der Waals surface area contributed by atoms with Crippen LogP contribution in [-0.2, 0) is 21.7 Å². The van der Waals surface area contributed by atoms with Gasteiger partial charge >= 0.3 is 6.11 Å². The van der Waals surface area contributed by atoms with Crippen molar-refractivity contribution in [3.05, 3.63) is 58.2 Å². The van der Waals surface area contributed by atoms with Gasteiger partial charge in [0.2, 0.25) is 0 Å². The fourth-order valence-electron chi connectivity index (χ4n) is 5.03. The molecule has 2 aromatic carbocycles. The standard InChI is InChI=1S/C31H42F4O3/c1-8-9-10-11-21-13-12-19(18-37-21)20-14-25(32)27(26(33)15-20)31(34,35)38-22-16-23(29(2,3)4)28(36)24(17-22)30(5,6)7/h14-17,19,21,36H,8-13,18H2,1-7H3. The van der Waals surface area contributed by atoms with Crippen LogP contribution in [0.25, 0.3) is 0 Å². The van der Waals surface area contributed by atoms with Gasteiger partial charge < -0.3 is 14.6 Å². The Bertz CT molecular complexity index is 1050. The van der Waals surface area contributed by atoms with Crippen molar-refractivity contribution < 1.29 is 32.1 Å². The molecule has 1 N–H and O–H groups in total. The number of aromatic hydroxyl groups is 1. The molecule has 1 aliphatic heterocycles. The number of hydrogen-bond donors (Lipinski definition) is 1. The van der Waals surface area contributed by atoms with Gasteiger partial charge in [-0.15, -0.1) is 0 Å². The number of hydrogen-bond acceptors (Lipinski definition) is 3. The highest BCUT2D eigenvalue weighted by Gasteiger charge is 2.42. The zero-order valence-corrected chi connectivity index (χ0v) is 23.7. The van der Waals surface area contributed by atoms with Crippen LogP contribution in [0.5, 0.6) is 11.5 Å². The van der Waals surface area contributed by atoms with Crippen LogP contribution in [0.3, 0.4) is 0 Å². The highest BCUT2D eigenvalue weighted by atomic mass is 19.3. The first-order chi connectivity index (χ1) is 17.5. The van der Waals surface area contributed by atoms with Crippen LogP contribution in [0.2, 0.25) is 0 Å². The summed E-state index contributed by atoms with van der Waals surface area (Å²) in [6.07, 6.45) is 1.60. The molecule has 2 atom stereocenters. The number of alkyl halides is 2. The fourth-order valence-corrected chi connectivity index (χ4v) is 5.03.